The minimum atomic E-state index is 1.06. The number of hydrogen-bond donors (Lipinski definition) is 1. The lowest BCUT2D eigenvalue weighted by atomic mass is 10.0. The lowest BCUT2D eigenvalue weighted by Crippen LogP contribution is -1.86. The third-order valence-electron chi connectivity index (χ3n) is 3.91. The summed E-state index contributed by atoms with van der Waals surface area (Å²) in [6.07, 6.45) is 9.42. The Kier molecular flexibility index (Phi) is 5.63. The molecule has 3 aromatic carbocycles. The standard InChI is InChI=1S/C24H21N/c1-2-3-4-8-19-25-24-17-15-23(16-18-24)22-13-11-21(12-14-22)20-9-6-5-7-10-20/h2-19,25H,1H2/b4-3-,19-8-. The van der Waals surface area contributed by atoms with Crippen molar-refractivity contribution in [3.8, 4) is 22.3 Å². The maximum absolute atomic E-state index is 3.64. The van der Waals surface area contributed by atoms with E-state index in [1.807, 2.05) is 30.5 Å². The molecule has 122 valence electrons. The monoisotopic (exact) mass is 323 g/mol. The van der Waals surface area contributed by atoms with Crippen LogP contribution in [0.3, 0.4) is 0 Å². The molecule has 0 aliphatic carbocycles. The van der Waals surface area contributed by atoms with Crippen LogP contribution < -0.4 is 5.32 Å². The third-order valence-corrected chi connectivity index (χ3v) is 3.91. The summed E-state index contributed by atoms with van der Waals surface area (Å²) in [6, 6.07) is 27.6. The molecule has 1 heteroatoms. The van der Waals surface area contributed by atoms with Crippen molar-refractivity contribution in [2.45, 2.75) is 0 Å². The molecule has 3 rings (SSSR count). The summed E-state index contributed by atoms with van der Waals surface area (Å²) < 4.78 is 0. The van der Waals surface area contributed by atoms with Gasteiger partial charge in [-0.25, -0.2) is 0 Å². The van der Waals surface area contributed by atoms with E-state index in [-0.39, 0.29) is 0 Å². The van der Waals surface area contributed by atoms with Crippen molar-refractivity contribution < 1.29 is 0 Å². The molecule has 1 N–H and O–H groups in total. The summed E-state index contributed by atoms with van der Waals surface area (Å²) in [5.41, 5.74) is 5.97. The van der Waals surface area contributed by atoms with Crippen LogP contribution in [0.25, 0.3) is 22.3 Å². The van der Waals surface area contributed by atoms with Gasteiger partial charge in [-0.3, -0.25) is 0 Å². The van der Waals surface area contributed by atoms with Gasteiger partial charge < -0.3 is 5.32 Å². The van der Waals surface area contributed by atoms with E-state index in [1.54, 1.807) is 6.08 Å². The Bertz CT molecular complexity index is 854. The van der Waals surface area contributed by atoms with E-state index in [0.717, 1.165) is 5.69 Å². The van der Waals surface area contributed by atoms with E-state index in [2.05, 4.69) is 84.7 Å². The normalized spacial score (nSPS) is 11.0. The number of benzene rings is 3. The van der Waals surface area contributed by atoms with Crippen molar-refractivity contribution in [1.82, 2.24) is 0 Å². The fourth-order valence-corrected chi connectivity index (χ4v) is 2.59. The van der Waals surface area contributed by atoms with Crippen LogP contribution in [-0.4, -0.2) is 0 Å². The van der Waals surface area contributed by atoms with Crippen LogP contribution in [0, 0.1) is 0 Å². The van der Waals surface area contributed by atoms with Crippen molar-refractivity contribution in [3.05, 3.63) is 116 Å². The Morgan fingerprint density at radius 3 is 1.64 bits per heavy atom. The average molecular weight is 323 g/mol. The molecular weight excluding hydrogens is 302 g/mol. The largest absolute Gasteiger partial charge is 0.362 e. The fraction of sp³-hybridized carbons (Fsp3) is 0. The molecule has 25 heavy (non-hydrogen) atoms. The van der Waals surface area contributed by atoms with Gasteiger partial charge in [-0.1, -0.05) is 91.5 Å². The lowest BCUT2D eigenvalue weighted by molar-refractivity contribution is 1.55. The molecule has 0 aliphatic rings. The molecule has 0 saturated carbocycles. The Balaban J connectivity index is 1.69. The number of allylic oxidation sites excluding steroid dienone is 4. The predicted octanol–water partition coefficient (Wildman–Crippen LogP) is 6.69. The van der Waals surface area contributed by atoms with E-state index in [9.17, 15) is 0 Å². The highest BCUT2D eigenvalue weighted by atomic mass is 14.8. The van der Waals surface area contributed by atoms with Gasteiger partial charge in [-0.15, -0.1) is 0 Å². The molecule has 0 saturated heterocycles. The minimum absolute atomic E-state index is 1.06. The van der Waals surface area contributed by atoms with Gasteiger partial charge in [-0.05, 0) is 40.5 Å². The molecule has 0 amide bonds. The highest BCUT2D eigenvalue weighted by Crippen LogP contribution is 2.25. The van der Waals surface area contributed by atoms with Gasteiger partial charge in [0.15, 0.2) is 0 Å². The van der Waals surface area contributed by atoms with Gasteiger partial charge >= 0.3 is 0 Å². The summed E-state index contributed by atoms with van der Waals surface area (Å²) in [7, 11) is 0. The van der Waals surface area contributed by atoms with Gasteiger partial charge in [0, 0.05) is 11.9 Å². The van der Waals surface area contributed by atoms with Gasteiger partial charge in [0.1, 0.15) is 0 Å². The molecule has 1 nitrogen and oxygen atoms in total. The number of hydrogen-bond acceptors (Lipinski definition) is 1. The second-order valence-corrected chi connectivity index (χ2v) is 5.64. The van der Waals surface area contributed by atoms with Crippen LogP contribution >= 0.6 is 0 Å². The molecule has 0 spiro atoms. The summed E-state index contributed by atoms with van der Waals surface area (Å²) in [5.74, 6) is 0. The maximum Gasteiger partial charge on any atom is 0.0380 e. The number of nitrogens with one attached hydrogen (secondary N) is 1. The van der Waals surface area contributed by atoms with Crippen molar-refractivity contribution >= 4 is 5.69 Å². The maximum atomic E-state index is 3.64. The minimum Gasteiger partial charge on any atom is -0.362 e. The Hall–Kier alpha value is -3.32. The van der Waals surface area contributed by atoms with Gasteiger partial charge in [-0.2, -0.15) is 0 Å². The SMILES string of the molecule is C=C/C=C\C=C/Nc1ccc(-c2ccc(-c3ccccc3)cc2)cc1. The molecule has 0 radical (unpaired) electrons. The highest BCUT2D eigenvalue weighted by Gasteiger charge is 2.00. The predicted molar refractivity (Wildman–Crippen MR) is 109 cm³/mol. The molecule has 0 fully saturated rings. The first-order valence-corrected chi connectivity index (χ1v) is 8.33. The zero-order chi connectivity index (χ0) is 17.3. The molecule has 0 unspecified atom stereocenters. The average Bonchev–Trinajstić information content (AvgIpc) is 2.69. The number of rotatable bonds is 6. The summed E-state index contributed by atoms with van der Waals surface area (Å²) >= 11 is 0. The molecule has 3 aromatic rings. The van der Waals surface area contributed by atoms with Gasteiger partial charge in [0.25, 0.3) is 0 Å². The van der Waals surface area contributed by atoms with E-state index in [1.165, 1.54) is 22.3 Å². The molecule has 0 bridgehead atoms. The van der Waals surface area contributed by atoms with Crippen molar-refractivity contribution in [2.75, 3.05) is 5.32 Å². The Morgan fingerprint density at radius 1 is 0.560 bits per heavy atom. The smallest absolute Gasteiger partial charge is 0.0380 e. The van der Waals surface area contributed by atoms with Crippen LogP contribution in [0.1, 0.15) is 0 Å². The van der Waals surface area contributed by atoms with Crippen LogP contribution in [0.5, 0.6) is 0 Å². The first-order chi connectivity index (χ1) is 12.4. The highest BCUT2D eigenvalue weighted by molar-refractivity contribution is 5.71. The zero-order valence-electron chi connectivity index (χ0n) is 14.1. The third kappa shape index (κ3) is 4.58. The summed E-state index contributed by atoms with van der Waals surface area (Å²) in [4.78, 5) is 0. The summed E-state index contributed by atoms with van der Waals surface area (Å²) in [6.45, 7) is 3.64. The molecule has 0 aliphatic heterocycles. The van der Waals surface area contributed by atoms with Crippen LogP contribution in [-0.2, 0) is 0 Å². The van der Waals surface area contributed by atoms with Crippen LogP contribution in [0.4, 0.5) is 5.69 Å². The van der Waals surface area contributed by atoms with Crippen molar-refractivity contribution in [1.29, 1.82) is 0 Å². The van der Waals surface area contributed by atoms with Crippen molar-refractivity contribution in [2.24, 2.45) is 0 Å². The second kappa shape index (κ2) is 8.51. The molecule has 0 aromatic heterocycles. The van der Waals surface area contributed by atoms with Gasteiger partial charge in [0.05, 0.1) is 0 Å². The number of anilines is 1. The zero-order valence-corrected chi connectivity index (χ0v) is 14.1. The van der Waals surface area contributed by atoms with E-state index < -0.39 is 0 Å². The molecule has 0 atom stereocenters. The van der Waals surface area contributed by atoms with E-state index >= 15 is 0 Å². The Labute approximate surface area is 149 Å². The van der Waals surface area contributed by atoms with Crippen LogP contribution in [0.2, 0.25) is 0 Å². The quantitative estimate of drug-likeness (QED) is 0.498. The van der Waals surface area contributed by atoms with Crippen molar-refractivity contribution in [3.63, 3.8) is 0 Å². The fourth-order valence-electron chi connectivity index (χ4n) is 2.59. The lowest BCUT2D eigenvalue weighted by Gasteiger charge is -2.06. The molecular formula is C24H21N. The first kappa shape index (κ1) is 16.5. The second-order valence-electron chi connectivity index (χ2n) is 5.64. The molecule has 0 heterocycles. The first-order valence-electron chi connectivity index (χ1n) is 8.33. The Morgan fingerprint density at radius 2 is 1.08 bits per heavy atom. The topological polar surface area (TPSA) is 12.0 Å². The van der Waals surface area contributed by atoms with Gasteiger partial charge in [0.2, 0.25) is 0 Å². The van der Waals surface area contributed by atoms with E-state index in [0.29, 0.717) is 0 Å². The summed E-state index contributed by atoms with van der Waals surface area (Å²) in [5, 5.41) is 3.25. The van der Waals surface area contributed by atoms with E-state index in [4.69, 9.17) is 0 Å². The van der Waals surface area contributed by atoms with Crippen LogP contribution in [0.15, 0.2) is 116 Å².